The largest absolute Gasteiger partial charge is 0.494 e. The predicted molar refractivity (Wildman–Crippen MR) is 117 cm³/mol. The summed E-state index contributed by atoms with van der Waals surface area (Å²) in [6.07, 6.45) is 0. The van der Waals surface area contributed by atoms with Gasteiger partial charge in [0, 0.05) is 16.9 Å². The van der Waals surface area contributed by atoms with E-state index in [0.29, 0.717) is 34.9 Å². The highest BCUT2D eigenvalue weighted by molar-refractivity contribution is 7.07. The molecule has 1 amide bonds. The van der Waals surface area contributed by atoms with Gasteiger partial charge in [0.25, 0.3) is 11.5 Å². The van der Waals surface area contributed by atoms with Crippen LogP contribution in [0.5, 0.6) is 5.75 Å². The van der Waals surface area contributed by atoms with Gasteiger partial charge in [-0.05, 0) is 50.2 Å². The summed E-state index contributed by atoms with van der Waals surface area (Å²) in [5, 5.41) is 2.86. The quantitative estimate of drug-likeness (QED) is 0.701. The van der Waals surface area contributed by atoms with E-state index >= 15 is 0 Å². The van der Waals surface area contributed by atoms with E-state index in [1.165, 1.54) is 11.3 Å². The minimum Gasteiger partial charge on any atom is -0.494 e. The average molecular weight is 420 g/mol. The van der Waals surface area contributed by atoms with E-state index < -0.39 is 0 Å². The van der Waals surface area contributed by atoms with Crippen LogP contribution in [-0.2, 0) is 11.5 Å². The Balaban J connectivity index is 1.56. The molecule has 7 nitrogen and oxygen atoms in total. The van der Waals surface area contributed by atoms with Gasteiger partial charge in [-0.2, -0.15) is 0 Å². The van der Waals surface area contributed by atoms with Gasteiger partial charge in [-0.3, -0.25) is 14.2 Å². The van der Waals surface area contributed by atoms with Gasteiger partial charge in [0.15, 0.2) is 4.80 Å². The van der Waals surface area contributed by atoms with Gasteiger partial charge in [0.05, 0.1) is 12.2 Å². The molecule has 2 aliphatic heterocycles. The second kappa shape index (κ2) is 7.14. The van der Waals surface area contributed by atoms with Crippen molar-refractivity contribution in [1.29, 1.82) is 0 Å². The highest BCUT2D eigenvalue weighted by Gasteiger charge is 2.28. The van der Waals surface area contributed by atoms with E-state index in [1.54, 1.807) is 4.57 Å². The Morgan fingerprint density at radius 1 is 1.17 bits per heavy atom. The van der Waals surface area contributed by atoms with Crippen LogP contribution >= 0.6 is 11.3 Å². The summed E-state index contributed by atoms with van der Waals surface area (Å²) in [5.74, 6) is 0.568. The van der Waals surface area contributed by atoms with Crippen LogP contribution in [0, 0.1) is 6.92 Å². The first kappa shape index (κ1) is 18.6. The fourth-order valence-electron chi connectivity index (χ4n) is 3.75. The summed E-state index contributed by atoms with van der Waals surface area (Å²) in [6, 6.07) is 13.5. The molecule has 1 aromatic heterocycles. The summed E-state index contributed by atoms with van der Waals surface area (Å²) in [5.41, 5.74) is 3.77. The van der Waals surface area contributed by atoms with Crippen LogP contribution in [0.15, 0.2) is 52.3 Å². The average Bonchev–Trinajstić information content (AvgIpc) is 3.24. The van der Waals surface area contributed by atoms with Gasteiger partial charge < -0.3 is 15.0 Å². The van der Waals surface area contributed by atoms with E-state index in [0.717, 1.165) is 28.3 Å². The van der Waals surface area contributed by atoms with Crippen molar-refractivity contribution in [3.05, 3.63) is 73.3 Å². The fourth-order valence-corrected chi connectivity index (χ4v) is 4.81. The van der Waals surface area contributed by atoms with Crippen LogP contribution in [0.2, 0.25) is 0 Å². The van der Waals surface area contributed by atoms with Gasteiger partial charge >= 0.3 is 0 Å². The standard InChI is InChI=1S/C22H20N4O3S/c1-3-29-15-7-5-14(6-8-15)25-11-23-22-26(12-25)21(28)19(30-22)18-16-10-13(2)4-9-17(16)24-20(18)27/h4-10H,3,11-12H2,1-2H3,(H,24,27). The molecule has 152 valence electrons. The molecule has 0 radical (unpaired) electrons. The van der Waals surface area contributed by atoms with E-state index in [4.69, 9.17) is 4.74 Å². The van der Waals surface area contributed by atoms with E-state index in [1.807, 2.05) is 61.2 Å². The zero-order chi connectivity index (χ0) is 20.8. The van der Waals surface area contributed by atoms with Crippen LogP contribution in [0.3, 0.4) is 0 Å². The number of fused-ring (bicyclic) bond motifs is 2. The molecule has 0 bridgehead atoms. The highest BCUT2D eigenvalue weighted by Crippen LogP contribution is 2.30. The lowest BCUT2D eigenvalue weighted by atomic mass is 10.1. The molecule has 0 fully saturated rings. The minimum atomic E-state index is -0.240. The number of aromatic nitrogens is 1. The van der Waals surface area contributed by atoms with Crippen molar-refractivity contribution in [3.63, 3.8) is 0 Å². The molecular weight excluding hydrogens is 400 g/mol. The third kappa shape index (κ3) is 3.00. The zero-order valence-corrected chi connectivity index (χ0v) is 17.5. The normalized spacial score (nSPS) is 16.6. The first-order chi connectivity index (χ1) is 14.5. The molecule has 3 heterocycles. The van der Waals surface area contributed by atoms with Crippen LogP contribution in [0.25, 0.3) is 5.57 Å². The third-order valence-corrected chi connectivity index (χ3v) is 6.33. The minimum absolute atomic E-state index is 0.186. The fraction of sp³-hybridized carbons (Fsp3) is 0.227. The number of carbonyl (C=O) groups is 1. The lowest BCUT2D eigenvalue weighted by molar-refractivity contribution is -0.110. The summed E-state index contributed by atoms with van der Waals surface area (Å²) >= 11 is 1.28. The third-order valence-electron chi connectivity index (χ3n) is 5.21. The van der Waals surface area contributed by atoms with Gasteiger partial charge in [0.2, 0.25) is 0 Å². The molecule has 1 N–H and O–H groups in total. The molecule has 5 rings (SSSR count). The van der Waals surface area contributed by atoms with Crippen molar-refractivity contribution in [2.45, 2.75) is 20.5 Å². The van der Waals surface area contributed by atoms with Crippen LogP contribution in [0.1, 0.15) is 18.1 Å². The summed E-state index contributed by atoms with van der Waals surface area (Å²) in [6.45, 7) is 5.37. The maximum Gasteiger partial charge on any atom is 0.272 e. The van der Waals surface area contributed by atoms with Crippen LogP contribution < -0.4 is 29.8 Å². The Morgan fingerprint density at radius 3 is 2.73 bits per heavy atom. The number of rotatable bonds is 3. The topological polar surface area (TPSA) is 75.9 Å². The second-order valence-electron chi connectivity index (χ2n) is 7.23. The van der Waals surface area contributed by atoms with Crippen LogP contribution in [0.4, 0.5) is 11.4 Å². The molecule has 2 aromatic carbocycles. The molecule has 0 unspecified atom stereocenters. The number of aryl methyl sites for hydroxylation is 1. The number of anilines is 2. The number of hydrogen-bond donors (Lipinski definition) is 1. The van der Waals surface area contributed by atoms with E-state index in [-0.39, 0.29) is 11.5 Å². The Hall–Kier alpha value is -3.39. The number of carbonyl (C=O) groups excluding carboxylic acids is 1. The number of nitrogens with one attached hydrogen (secondary N) is 1. The second-order valence-corrected chi connectivity index (χ2v) is 8.21. The Morgan fingerprint density at radius 2 is 1.97 bits per heavy atom. The monoisotopic (exact) mass is 420 g/mol. The number of thiazole rings is 1. The smallest absolute Gasteiger partial charge is 0.272 e. The van der Waals surface area contributed by atoms with Crippen molar-refractivity contribution in [2.24, 2.45) is 4.99 Å². The lowest BCUT2D eigenvalue weighted by Gasteiger charge is -2.25. The molecule has 8 heteroatoms. The first-order valence-corrected chi connectivity index (χ1v) is 10.6. The molecule has 0 saturated heterocycles. The van der Waals surface area contributed by atoms with Crippen molar-refractivity contribution in [3.8, 4) is 5.75 Å². The van der Waals surface area contributed by atoms with Crippen molar-refractivity contribution in [2.75, 3.05) is 23.5 Å². The van der Waals surface area contributed by atoms with Crippen LogP contribution in [-0.4, -0.2) is 23.7 Å². The van der Waals surface area contributed by atoms with Gasteiger partial charge in [0.1, 0.15) is 23.6 Å². The Labute approximate surface area is 176 Å². The van der Waals surface area contributed by atoms with E-state index in [9.17, 15) is 9.59 Å². The highest BCUT2D eigenvalue weighted by atomic mass is 32.1. The predicted octanol–water partition coefficient (Wildman–Crippen LogP) is 1.82. The van der Waals surface area contributed by atoms with Gasteiger partial charge in [-0.1, -0.05) is 23.0 Å². The molecule has 30 heavy (non-hydrogen) atoms. The molecule has 0 aliphatic carbocycles. The summed E-state index contributed by atoms with van der Waals surface area (Å²) in [7, 11) is 0. The van der Waals surface area contributed by atoms with Crippen molar-refractivity contribution < 1.29 is 9.53 Å². The van der Waals surface area contributed by atoms with E-state index in [2.05, 4.69) is 10.3 Å². The van der Waals surface area contributed by atoms with Crippen molar-refractivity contribution in [1.82, 2.24) is 4.57 Å². The summed E-state index contributed by atoms with van der Waals surface area (Å²) < 4.78 is 7.56. The Kier molecular flexibility index (Phi) is 4.43. The van der Waals surface area contributed by atoms with Gasteiger partial charge in [-0.15, -0.1) is 0 Å². The zero-order valence-electron chi connectivity index (χ0n) is 16.6. The molecular formula is C22H20N4O3S. The molecule has 0 saturated carbocycles. The molecule has 3 aromatic rings. The molecule has 0 spiro atoms. The maximum atomic E-state index is 13.2. The summed E-state index contributed by atoms with van der Waals surface area (Å²) in [4.78, 5) is 33.1. The number of hydrogen-bond acceptors (Lipinski definition) is 6. The SMILES string of the molecule is CCOc1ccc(N2CN=c3sc(=C4C(=O)Nc5ccc(C)cc54)c(=O)n3C2)cc1. The first-order valence-electron chi connectivity index (χ1n) is 9.74. The molecule has 0 atom stereocenters. The maximum absolute atomic E-state index is 13.2. The lowest BCUT2D eigenvalue weighted by Crippen LogP contribution is -2.43. The number of benzene rings is 2. The number of amides is 1. The number of nitrogens with zero attached hydrogens (tertiary/aromatic N) is 3. The molecule has 2 aliphatic rings. The van der Waals surface area contributed by atoms with Crippen molar-refractivity contribution >= 4 is 34.2 Å². The Bertz CT molecular complexity index is 1340. The number of ether oxygens (including phenoxy) is 1. The van der Waals surface area contributed by atoms with Gasteiger partial charge in [-0.25, -0.2) is 4.99 Å².